The largest absolute Gasteiger partial charge is 0.508 e. The Morgan fingerprint density at radius 2 is 1.95 bits per heavy atom. The second-order valence-corrected chi connectivity index (χ2v) is 6.59. The van der Waals surface area contributed by atoms with Crippen molar-refractivity contribution in [2.45, 2.75) is 45.8 Å². The van der Waals surface area contributed by atoms with Gasteiger partial charge in [-0.2, -0.15) is 0 Å². The first kappa shape index (κ1) is 14.4. The van der Waals surface area contributed by atoms with Crippen molar-refractivity contribution >= 4 is 0 Å². The molecule has 1 aliphatic rings. The van der Waals surface area contributed by atoms with Crippen molar-refractivity contribution < 1.29 is 5.11 Å². The van der Waals surface area contributed by atoms with Crippen molar-refractivity contribution in [3.05, 3.63) is 29.8 Å². The predicted octanol–water partition coefficient (Wildman–Crippen LogP) is 2.60. The van der Waals surface area contributed by atoms with Crippen LogP contribution in [-0.4, -0.2) is 34.7 Å². The molecule has 1 atom stereocenters. The van der Waals surface area contributed by atoms with E-state index in [1.54, 1.807) is 12.1 Å². The number of hydrogen-bond donors (Lipinski definition) is 2. The minimum absolute atomic E-state index is 0.170. The Morgan fingerprint density at radius 1 is 1.32 bits per heavy atom. The fraction of sp³-hybridized carbons (Fsp3) is 0.625. The normalized spacial score (nSPS) is 23.7. The molecule has 1 aromatic rings. The summed E-state index contributed by atoms with van der Waals surface area (Å²) in [5.41, 5.74) is 1.43. The summed E-state index contributed by atoms with van der Waals surface area (Å²) in [5.74, 6) is 0.988. The van der Waals surface area contributed by atoms with Gasteiger partial charge in [-0.15, -0.1) is 0 Å². The first-order valence-corrected chi connectivity index (χ1v) is 7.15. The van der Waals surface area contributed by atoms with E-state index in [1.165, 1.54) is 5.56 Å². The first-order chi connectivity index (χ1) is 8.88. The average molecular weight is 262 g/mol. The van der Waals surface area contributed by atoms with E-state index in [-0.39, 0.29) is 5.54 Å². The molecule has 2 rings (SSSR count). The van der Waals surface area contributed by atoms with E-state index < -0.39 is 0 Å². The first-order valence-electron chi connectivity index (χ1n) is 7.15. The van der Waals surface area contributed by atoms with Crippen LogP contribution >= 0.6 is 0 Å². The van der Waals surface area contributed by atoms with Crippen LogP contribution in [0.15, 0.2) is 24.3 Å². The van der Waals surface area contributed by atoms with E-state index in [2.05, 4.69) is 37.9 Å². The molecule has 0 saturated carbocycles. The van der Waals surface area contributed by atoms with Crippen LogP contribution in [0.3, 0.4) is 0 Å². The zero-order valence-corrected chi connectivity index (χ0v) is 12.5. The minimum Gasteiger partial charge on any atom is -0.508 e. The monoisotopic (exact) mass is 262 g/mol. The smallest absolute Gasteiger partial charge is 0.115 e. The summed E-state index contributed by atoms with van der Waals surface area (Å²) in [6.07, 6.45) is 0. The van der Waals surface area contributed by atoms with E-state index >= 15 is 0 Å². The third-order valence-electron chi connectivity index (χ3n) is 4.18. The molecule has 1 heterocycles. The Labute approximate surface area is 116 Å². The summed E-state index contributed by atoms with van der Waals surface area (Å²) in [6.45, 7) is 12.2. The zero-order valence-electron chi connectivity index (χ0n) is 12.5. The van der Waals surface area contributed by atoms with Crippen molar-refractivity contribution in [1.29, 1.82) is 0 Å². The van der Waals surface area contributed by atoms with Gasteiger partial charge in [0.2, 0.25) is 0 Å². The maximum absolute atomic E-state index is 9.36. The molecule has 0 aliphatic carbocycles. The number of aromatic hydroxyl groups is 1. The van der Waals surface area contributed by atoms with Crippen molar-refractivity contribution in [2.24, 2.45) is 5.92 Å². The van der Waals surface area contributed by atoms with Gasteiger partial charge in [0.05, 0.1) is 0 Å². The van der Waals surface area contributed by atoms with Gasteiger partial charge in [-0.05, 0) is 37.5 Å². The van der Waals surface area contributed by atoms with Crippen molar-refractivity contribution in [1.82, 2.24) is 10.2 Å². The molecule has 19 heavy (non-hydrogen) atoms. The van der Waals surface area contributed by atoms with Gasteiger partial charge in [0.15, 0.2) is 0 Å². The molecule has 0 amide bonds. The van der Waals surface area contributed by atoms with E-state index in [0.29, 0.717) is 17.7 Å². The Morgan fingerprint density at radius 3 is 2.53 bits per heavy atom. The predicted molar refractivity (Wildman–Crippen MR) is 79.2 cm³/mol. The third kappa shape index (κ3) is 3.48. The summed E-state index contributed by atoms with van der Waals surface area (Å²) in [7, 11) is 0. The summed E-state index contributed by atoms with van der Waals surface area (Å²) >= 11 is 0. The maximum Gasteiger partial charge on any atom is 0.115 e. The standard InChI is InChI=1S/C16H26N2O/c1-12(2)15-10-18(16(3,4)11-17-15)9-13-5-7-14(19)8-6-13/h5-8,12,15,17,19H,9-11H2,1-4H3. The van der Waals surface area contributed by atoms with Gasteiger partial charge in [0.1, 0.15) is 5.75 Å². The van der Waals surface area contributed by atoms with Gasteiger partial charge in [-0.25, -0.2) is 0 Å². The highest BCUT2D eigenvalue weighted by Crippen LogP contribution is 2.24. The highest BCUT2D eigenvalue weighted by atomic mass is 16.3. The molecule has 1 fully saturated rings. The van der Waals surface area contributed by atoms with Gasteiger partial charge in [-0.1, -0.05) is 26.0 Å². The highest BCUT2D eigenvalue weighted by Gasteiger charge is 2.34. The lowest BCUT2D eigenvalue weighted by Gasteiger charge is -2.47. The second-order valence-electron chi connectivity index (χ2n) is 6.59. The maximum atomic E-state index is 9.36. The molecule has 2 N–H and O–H groups in total. The molecular formula is C16H26N2O. The summed E-state index contributed by atoms with van der Waals surface area (Å²) < 4.78 is 0. The number of hydrogen-bond acceptors (Lipinski definition) is 3. The molecule has 1 aliphatic heterocycles. The lowest BCUT2D eigenvalue weighted by atomic mass is 9.92. The number of phenolic OH excluding ortho intramolecular Hbond substituents is 1. The van der Waals surface area contributed by atoms with Crippen molar-refractivity contribution in [3.63, 3.8) is 0 Å². The average Bonchev–Trinajstić information content (AvgIpc) is 2.34. The molecule has 0 bridgehead atoms. The third-order valence-corrected chi connectivity index (χ3v) is 4.18. The molecule has 1 aromatic carbocycles. The molecule has 1 unspecified atom stereocenters. The van der Waals surface area contributed by atoms with Crippen LogP contribution in [0.1, 0.15) is 33.3 Å². The van der Waals surface area contributed by atoms with E-state index in [0.717, 1.165) is 19.6 Å². The molecule has 1 saturated heterocycles. The van der Waals surface area contributed by atoms with Crippen molar-refractivity contribution in [2.75, 3.05) is 13.1 Å². The van der Waals surface area contributed by atoms with E-state index in [4.69, 9.17) is 0 Å². The van der Waals surface area contributed by atoms with Crippen LogP contribution in [0.25, 0.3) is 0 Å². The van der Waals surface area contributed by atoms with Gasteiger partial charge in [0, 0.05) is 31.2 Å². The van der Waals surface area contributed by atoms with Crippen LogP contribution in [0, 0.1) is 5.92 Å². The SMILES string of the molecule is CC(C)C1CN(Cc2ccc(O)cc2)C(C)(C)CN1. The fourth-order valence-corrected chi connectivity index (χ4v) is 2.59. The Balaban J connectivity index is 2.08. The van der Waals surface area contributed by atoms with E-state index in [1.807, 2.05) is 12.1 Å². The Kier molecular flexibility index (Phi) is 4.16. The molecule has 3 nitrogen and oxygen atoms in total. The second kappa shape index (κ2) is 5.51. The fourth-order valence-electron chi connectivity index (χ4n) is 2.59. The van der Waals surface area contributed by atoms with Gasteiger partial charge in [-0.3, -0.25) is 4.90 Å². The Hall–Kier alpha value is -1.06. The van der Waals surface area contributed by atoms with Crippen LogP contribution in [0.2, 0.25) is 0 Å². The van der Waals surface area contributed by atoms with Gasteiger partial charge < -0.3 is 10.4 Å². The molecule has 3 heteroatoms. The van der Waals surface area contributed by atoms with Crippen LogP contribution in [-0.2, 0) is 6.54 Å². The minimum atomic E-state index is 0.170. The Bertz CT molecular complexity index is 411. The summed E-state index contributed by atoms with van der Waals surface area (Å²) in [4.78, 5) is 2.54. The number of rotatable bonds is 3. The van der Waals surface area contributed by atoms with Gasteiger partial charge >= 0.3 is 0 Å². The van der Waals surface area contributed by atoms with Crippen LogP contribution < -0.4 is 5.32 Å². The number of phenols is 1. The number of benzene rings is 1. The number of nitrogens with one attached hydrogen (secondary N) is 1. The summed E-state index contributed by atoms with van der Waals surface area (Å²) in [5, 5.41) is 13.0. The molecule has 106 valence electrons. The molecule has 0 aromatic heterocycles. The lowest BCUT2D eigenvalue weighted by Crippen LogP contribution is -2.62. The van der Waals surface area contributed by atoms with Crippen LogP contribution in [0.5, 0.6) is 5.75 Å². The number of nitrogens with zero attached hydrogens (tertiary/aromatic N) is 1. The van der Waals surface area contributed by atoms with Crippen molar-refractivity contribution in [3.8, 4) is 5.75 Å². The zero-order chi connectivity index (χ0) is 14.0. The molecule has 0 radical (unpaired) electrons. The molecule has 0 spiro atoms. The molecular weight excluding hydrogens is 236 g/mol. The van der Waals surface area contributed by atoms with Crippen LogP contribution in [0.4, 0.5) is 0 Å². The van der Waals surface area contributed by atoms with Gasteiger partial charge in [0.25, 0.3) is 0 Å². The highest BCUT2D eigenvalue weighted by molar-refractivity contribution is 5.26. The number of piperazine rings is 1. The van der Waals surface area contributed by atoms with E-state index in [9.17, 15) is 5.11 Å². The topological polar surface area (TPSA) is 35.5 Å². The summed E-state index contributed by atoms with van der Waals surface area (Å²) in [6, 6.07) is 8.12. The quantitative estimate of drug-likeness (QED) is 0.879. The lowest BCUT2D eigenvalue weighted by molar-refractivity contribution is 0.0474.